The maximum Gasteiger partial charge on any atom is 0.131 e. The number of nitrogens with one attached hydrogen (secondary N) is 1. The minimum absolute atomic E-state index is 0.0640. The molecule has 0 radical (unpaired) electrons. The highest BCUT2D eigenvalue weighted by molar-refractivity contribution is 6.33. The normalized spacial score (nSPS) is 11.8. The Balaban J connectivity index is 2.33. The predicted octanol–water partition coefficient (Wildman–Crippen LogP) is 4.66. The summed E-state index contributed by atoms with van der Waals surface area (Å²) in [5.74, 6) is -1.25. The van der Waals surface area contributed by atoms with Gasteiger partial charge in [-0.25, -0.2) is 8.78 Å². The molecule has 0 fully saturated rings. The molecule has 0 saturated carbocycles. The quantitative estimate of drug-likeness (QED) is 0.893. The second-order valence-electron chi connectivity index (χ2n) is 4.31. The van der Waals surface area contributed by atoms with Crippen LogP contribution in [0.4, 0.5) is 14.5 Å². The number of anilines is 1. The lowest BCUT2D eigenvalue weighted by Gasteiger charge is -2.18. The molecule has 0 aromatic heterocycles. The summed E-state index contributed by atoms with van der Waals surface area (Å²) in [6.07, 6.45) is 0. The van der Waals surface area contributed by atoms with Gasteiger partial charge in [0.15, 0.2) is 0 Å². The van der Waals surface area contributed by atoms with Crippen LogP contribution in [-0.2, 0) is 0 Å². The Labute approximate surface area is 120 Å². The van der Waals surface area contributed by atoms with Crippen molar-refractivity contribution in [3.05, 3.63) is 64.2 Å². The van der Waals surface area contributed by atoms with Gasteiger partial charge in [-0.1, -0.05) is 17.7 Å². The average Bonchev–Trinajstić information content (AvgIpc) is 2.41. The van der Waals surface area contributed by atoms with E-state index in [1.54, 1.807) is 19.1 Å². The van der Waals surface area contributed by atoms with Crippen molar-refractivity contribution in [3.8, 4) is 6.07 Å². The summed E-state index contributed by atoms with van der Waals surface area (Å²) >= 11 is 6.00. The number of benzene rings is 2. The molecule has 1 N–H and O–H groups in total. The van der Waals surface area contributed by atoms with E-state index in [0.29, 0.717) is 16.3 Å². The standard InChI is InChI=1S/C15H11ClF2N2/c1-9(15-12(17)3-2-4-13(15)18)20-14-7-10(8-19)5-6-11(14)16/h2-7,9,20H,1H3. The first-order chi connectivity index (χ1) is 9.52. The van der Waals surface area contributed by atoms with Gasteiger partial charge in [0, 0.05) is 5.56 Å². The van der Waals surface area contributed by atoms with Crippen molar-refractivity contribution in [2.45, 2.75) is 13.0 Å². The third kappa shape index (κ3) is 2.89. The van der Waals surface area contributed by atoms with Gasteiger partial charge in [-0.2, -0.15) is 5.26 Å². The van der Waals surface area contributed by atoms with Gasteiger partial charge in [0.1, 0.15) is 11.6 Å². The molecule has 0 amide bonds. The van der Waals surface area contributed by atoms with Crippen molar-refractivity contribution >= 4 is 17.3 Å². The van der Waals surface area contributed by atoms with Crippen molar-refractivity contribution in [1.82, 2.24) is 0 Å². The van der Waals surface area contributed by atoms with E-state index in [-0.39, 0.29) is 5.56 Å². The van der Waals surface area contributed by atoms with E-state index in [9.17, 15) is 8.78 Å². The Bertz CT molecular complexity index is 660. The van der Waals surface area contributed by atoms with Gasteiger partial charge < -0.3 is 5.32 Å². The zero-order valence-corrected chi connectivity index (χ0v) is 11.4. The van der Waals surface area contributed by atoms with Gasteiger partial charge in [-0.3, -0.25) is 0 Å². The van der Waals surface area contributed by atoms with Crippen molar-refractivity contribution < 1.29 is 8.78 Å². The van der Waals surface area contributed by atoms with Gasteiger partial charge in [0.2, 0.25) is 0 Å². The minimum atomic E-state index is -0.627. The molecule has 0 aliphatic heterocycles. The molecular weight excluding hydrogens is 282 g/mol. The van der Waals surface area contributed by atoms with Crippen molar-refractivity contribution in [3.63, 3.8) is 0 Å². The zero-order chi connectivity index (χ0) is 14.7. The molecule has 2 aromatic rings. The van der Waals surface area contributed by atoms with Crippen molar-refractivity contribution in [2.24, 2.45) is 0 Å². The van der Waals surface area contributed by atoms with Gasteiger partial charge >= 0.3 is 0 Å². The summed E-state index contributed by atoms with van der Waals surface area (Å²) in [4.78, 5) is 0. The van der Waals surface area contributed by atoms with E-state index in [0.717, 1.165) is 0 Å². The number of rotatable bonds is 3. The maximum atomic E-state index is 13.7. The minimum Gasteiger partial charge on any atom is -0.377 e. The van der Waals surface area contributed by atoms with Gasteiger partial charge in [-0.05, 0) is 37.3 Å². The Morgan fingerprint density at radius 3 is 2.45 bits per heavy atom. The van der Waals surface area contributed by atoms with Crippen LogP contribution in [0.25, 0.3) is 0 Å². The van der Waals surface area contributed by atoms with Crippen LogP contribution in [0.5, 0.6) is 0 Å². The molecule has 0 saturated heterocycles. The van der Waals surface area contributed by atoms with E-state index in [2.05, 4.69) is 5.32 Å². The molecule has 5 heteroatoms. The summed E-state index contributed by atoms with van der Waals surface area (Å²) in [5, 5.41) is 12.2. The lowest BCUT2D eigenvalue weighted by atomic mass is 10.1. The summed E-state index contributed by atoms with van der Waals surface area (Å²) in [6, 6.07) is 9.74. The van der Waals surface area contributed by atoms with Crippen LogP contribution < -0.4 is 5.32 Å². The molecule has 1 unspecified atom stereocenters. The molecule has 2 aromatic carbocycles. The van der Waals surface area contributed by atoms with E-state index >= 15 is 0 Å². The highest BCUT2D eigenvalue weighted by Crippen LogP contribution is 2.29. The first-order valence-electron chi connectivity index (χ1n) is 5.93. The number of hydrogen-bond acceptors (Lipinski definition) is 2. The summed E-state index contributed by atoms with van der Waals surface area (Å²) < 4.78 is 27.4. The van der Waals surface area contributed by atoms with E-state index < -0.39 is 17.7 Å². The van der Waals surface area contributed by atoms with E-state index in [1.165, 1.54) is 24.3 Å². The van der Waals surface area contributed by atoms with Crippen molar-refractivity contribution in [2.75, 3.05) is 5.32 Å². The molecule has 2 rings (SSSR count). The van der Waals surface area contributed by atoms with Crippen LogP contribution in [0.1, 0.15) is 24.1 Å². The molecule has 1 atom stereocenters. The monoisotopic (exact) mass is 292 g/mol. The summed E-state index contributed by atoms with van der Waals surface area (Å²) in [5.41, 5.74) is 0.810. The van der Waals surface area contributed by atoms with Crippen LogP contribution in [0.15, 0.2) is 36.4 Å². The van der Waals surface area contributed by atoms with Crippen LogP contribution >= 0.6 is 11.6 Å². The predicted molar refractivity (Wildman–Crippen MR) is 74.6 cm³/mol. The van der Waals surface area contributed by atoms with Crippen LogP contribution in [0, 0.1) is 23.0 Å². The van der Waals surface area contributed by atoms with E-state index in [4.69, 9.17) is 16.9 Å². The number of halogens is 3. The summed E-state index contributed by atoms with van der Waals surface area (Å²) in [6.45, 7) is 1.62. The first-order valence-corrected chi connectivity index (χ1v) is 6.31. The first kappa shape index (κ1) is 14.3. The SMILES string of the molecule is CC(Nc1cc(C#N)ccc1Cl)c1c(F)cccc1F. The second kappa shape index (κ2) is 5.89. The smallest absolute Gasteiger partial charge is 0.131 e. The second-order valence-corrected chi connectivity index (χ2v) is 4.71. The fourth-order valence-electron chi connectivity index (χ4n) is 1.94. The maximum absolute atomic E-state index is 13.7. The lowest BCUT2D eigenvalue weighted by molar-refractivity contribution is 0.544. The zero-order valence-electron chi connectivity index (χ0n) is 10.6. The average molecular weight is 293 g/mol. The number of hydrogen-bond donors (Lipinski definition) is 1. The molecule has 20 heavy (non-hydrogen) atoms. The Morgan fingerprint density at radius 2 is 1.85 bits per heavy atom. The fraction of sp³-hybridized carbons (Fsp3) is 0.133. The topological polar surface area (TPSA) is 35.8 Å². The van der Waals surface area contributed by atoms with Crippen LogP contribution in [-0.4, -0.2) is 0 Å². The van der Waals surface area contributed by atoms with Crippen molar-refractivity contribution in [1.29, 1.82) is 5.26 Å². The number of nitrogens with zero attached hydrogens (tertiary/aromatic N) is 1. The number of nitriles is 1. The van der Waals surface area contributed by atoms with Gasteiger partial charge in [0.05, 0.1) is 28.4 Å². The third-order valence-corrected chi connectivity index (χ3v) is 3.23. The Morgan fingerprint density at radius 1 is 1.20 bits per heavy atom. The Hall–Kier alpha value is -2.12. The molecular formula is C15H11ClF2N2. The molecule has 0 bridgehead atoms. The highest BCUT2D eigenvalue weighted by Gasteiger charge is 2.16. The molecule has 0 heterocycles. The largest absolute Gasteiger partial charge is 0.377 e. The molecule has 102 valence electrons. The molecule has 0 spiro atoms. The van der Waals surface area contributed by atoms with Gasteiger partial charge in [0.25, 0.3) is 0 Å². The lowest BCUT2D eigenvalue weighted by Crippen LogP contribution is -2.11. The summed E-state index contributed by atoms with van der Waals surface area (Å²) in [7, 11) is 0. The molecule has 0 aliphatic rings. The molecule has 2 nitrogen and oxygen atoms in total. The fourth-order valence-corrected chi connectivity index (χ4v) is 2.11. The van der Waals surface area contributed by atoms with E-state index in [1.807, 2.05) is 6.07 Å². The molecule has 0 aliphatic carbocycles. The van der Waals surface area contributed by atoms with Gasteiger partial charge in [-0.15, -0.1) is 0 Å². The third-order valence-electron chi connectivity index (χ3n) is 2.90. The highest BCUT2D eigenvalue weighted by atomic mass is 35.5. The van der Waals surface area contributed by atoms with Crippen LogP contribution in [0.3, 0.4) is 0 Å². The Kier molecular flexibility index (Phi) is 4.21. The van der Waals surface area contributed by atoms with Crippen LogP contribution in [0.2, 0.25) is 5.02 Å².